The van der Waals surface area contributed by atoms with Crippen LogP contribution in [0.5, 0.6) is 0 Å². The van der Waals surface area contributed by atoms with Crippen LogP contribution < -0.4 is 4.90 Å². The lowest BCUT2D eigenvalue weighted by atomic mass is 9.87. The van der Waals surface area contributed by atoms with Crippen LogP contribution in [0.2, 0.25) is 0 Å². The second-order valence-corrected chi connectivity index (χ2v) is 7.86. The Kier molecular flexibility index (Phi) is 4.34. The van der Waals surface area contributed by atoms with Gasteiger partial charge in [-0.15, -0.1) is 5.10 Å². The summed E-state index contributed by atoms with van der Waals surface area (Å²) in [7, 11) is 0. The second-order valence-electron chi connectivity index (χ2n) is 7.86. The fourth-order valence-corrected chi connectivity index (χ4v) is 3.56. The molecule has 1 fully saturated rings. The van der Waals surface area contributed by atoms with Gasteiger partial charge < -0.3 is 10.0 Å². The zero-order chi connectivity index (χ0) is 21.0. The molecule has 0 bridgehead atoms. The molecule has 1 aliphatic heterocycles. The summed E-state index contributed by atoms with van der Waals surface area (Å²) in [4.78, 5) is 5.97. The maximum Gasteiger partial charge on any atom is 0.416 e. The average molecular weight is 408 g/mol. The Hall–Kier alpha value is -2.68. The molecule has 3 aromatic rings. The van der Waals surface area contributed by atoms with Crippen molar-refractivity contribution in [2.24, 2.45) is 0 Å². The van der Waals surface area contributed by atoms with Gasteiger partial charge >= 0.3 is 6.18 Å². The summed E-state index contributed by atoms with van der Waals surface area (Å²) in [6.07, 6.45) is -2.73. The zero-order valence-electron chi connectivity index (χ0n) is 15.9. The van der Waals surface area contributed by atoms with Crippen LogP contribution in [-0.4, -0.2) is 44.1 Å². The number of halogens is 4. The van der Waals surface area contributed by atoms with Crippen molar-refractivity contribution in [1.82, 2.24) is 14.6 Å². The largest absolute Gasteiger partial charge is 0.416 e. The van der Waals surface area contributed by atoms with Crippen LogP contribution in [0.4, 0.5) is 23.4 Å². The Morgan fingerprint density at radius 1 is 1.10 bits per heavy atom. The Labute approximate surface area is 164 Å². The van der Waals surface area contributed by atoms with Crippen LogP contribution >= 0.6 is 0 Å². The van der Waals surface area contributed by atoms with Gasteiger partial charge in [0.05, 0.1) is 24.0 Å². The highest BCUT2D eigenvalue weighted by Gasteiger charge is 2.49. The lowest BCUT2D eigenvalue weighted by Crippen LogP contribution is -2.49. The minimum absolute atomic E-state index is 0.0720. The third-order valence-electron chi connectivity index (χ3n) is 5.51. The molecule has 5 nitrogen and oxygen atoms in total. The number of alkyl halides is 4. The molecule has 0 radical (unpaired) electrons. The molecule has 3 heterocycles. The van der Waals surface area contributed by atoms with Gasteiger partial charge in [0.1, 0.15) is 17.1 Å². The van der Waals surface area contributed by atoms with Gasteiger partial charge in [0, 0.05) is 12.1 Å². The van der Waals surface area contributed by atoms with Gasteiger partial charge in [0.15, 0.2) is 5.65 Å². The van der Waals surface area contributed by atoms with Crippen molar-refractivity contribution in [2.75, 3.05) is 18.0 Å². The molecule has 1 unspecified atom stereocenters. The van der Waals surface area contributed by atoms with Crippen molar-refractivity contribution in [3.8, 4) is 11.3 Å². The second kappa shape index (κ2) is 6.41. The number of nitrogens with zero attached hydrogens (tertiary/aromatic N) is 4. The lowest BCUT2D eigenvalue weighted by Gasteiger charge is -2.33. The summed E-state index contributed by atoms with van der Waals surface area (Å²) >= 11 is 0. The number of hydrogen-bond acceptors (Lipinski definition) is 4. The zero-order valence-corrected chi connectivity index (χ0v) is 15.9. The highest BCUT2D eigenvalue weighted by atomic mass is 19.4. The predicted molar refractivity (Wildman–Crippen MR) is 100 cm³/mol. The molecule has 1 saturated heterocycles. The van der Waals surface area contributed by atoms with E-state index in [1.54, 1.807) is 23.1 Å². The summed E-state index contributed by atoms with van der Waals surface area (Å²) in [6, 6.07) is 8.36. The molecule has 1 aromatic carbocycles. The van der Waals surface area contributed by atoms with Crippen molar-refractivity contribution in [2.45, 2.75) is 37.7 Å². The quantitative estimate of drug-likeness (QED) is 0.663. The Morgan fingerprint density at radius 3 is 2.52 bits per heavy atom. The number of rotatable bonds is 3. The van der Waals surface area contributed by atoms with E-state index >= 15 is 0 Å². The number of imidazole rings is 1. The smallest absolute Gasteiger partial charge is 0.385 e. The number of fused-ring (bicyclic) bond motifs is 1. The van der Waals surface area contributed by atoms with E-state index in [1.807, 2.05) is 0 Å². The van der Waals surface area contributed by atoms with Crippen LogP contribution in [0.25, 0.3) is 16.9 Å². The van der Waals surface area contributed by atoms with Crippen LogP contribution in [0.15, 0.2) is 42.6 Å². The highest BCUT2D eigenvalue weighted by molar-refractivity contribution is 5.64. The summed E-state index contributed by atoms with van der Waals surface area (Å²) in [5.74, 6) is 0.490. The molecule has 1 N–H and O–H groups in total. The van der Waals surface area contributed by atoms with Crippen molar-refractivity contribution >= 4 is 11.5 Å². The van der Waals surface area contributed by atoms with E-state index in [1.165, 1.54) is 30.6 Å². The van der Waals surface area contributed by atoms with Crippen molar-refractivity contribution in [3.05, 3.63) is 48.2 Å². The predicted octanol–water partition coefficient (Wildman–Crippen LogP) is 4.10. The van der Waals surface area contributed by atoms with E-state index in [4.69, 9.17) is 0 Å². The molecule has 0 amide bonds. The van der Waals surface area contributed by atoms with Gasteiger partial charge in [-0.2, -0.15) is 13.2 Å². The van der Waals surface area contributed by atoms with Crippen LogP contribution in [0.1, 0.15) is 25.8 Å². The van der Waals surface area contributed by atoms with E-state index in [-0.39, 0.29) is 13.0 Å². The third kappa shape index (κ3) is 3.43. The van der Waals surface area contributed by atoms with Gasteiger partial charge in [0.2, 0.25) is 0 Å². The highest BCUT2D eigenvalue weighted by Crippen LogP contribution is 2.37. The molecule has 1 atom stereocenters. The third-order valence-corrected chi connectivity index (χ3v) is 5.51. The first-order valence-electron chi connectivity index (χ1n) is 9.17. The molecular weight excluding hydrogens is 388 g/mol. The number of aliphatic hydroxyl groups is 1. The standard InChI is InChI=1S/C20H20F4N4O/c1-18(2,21)19(29)8-9-27(12-19)17-7-6-16-25-11-15(28(16)26-17)13-4-3-5-14(10-13)20(22,23)24/h3-7,10-11,29H,8-9,12H2,1-2H3. The van der Waals surface area contributed by atoms with Gasteiger partial charge in [0.25, 0.3) is 0 Å². The Bertz CT molecular complexity index is 1060. The first-order valence-corrected chi connectivity index (χ1v) is 9.17. The fourth-order valence-electron chi connectivity index (χ4n) is 3.56. The maximum absolute atomic E-state index is 14.4. The molecule has 0 aliphatic carbocycles. The summed E-state index contributed by atoms with van der Waals surface area (Å²) in [5, 5.41) is 15.1. The van der Waals surface area contributed by atoms with Crippen molar-refractivity contribution < 1.29 is 22.7 Å². The molecule has 2 aromatic heterocycles. The van der Waals surface area contributed by atoms with Gasteiger partial charge in [-0.1, -0.05) is 12.1 Å². The van der Waals surface area contributed by atoms with Gasteiger partial charge in [-0.25, -0.2) is 13.9 Å². The number of aromatic nitrogens is 3. The SMILES string of the molecule is CC(C)(F)C1(O)CCN(c2ccc3ncc(-c4cccc(C(F)(F)F)c4)n3n2)C1. The van der Waals surface area contributed by atoms with Crippen molar-refractivity contribution in [1.29, 1.82) is 0 Å². The van der Waals surface area contributed by atoms with Crippen LogP contribution in [0.3, 0.4) is 0 Å². The van der Waals surface area contributed by atoms with E-state index in [0.29, 0.717) is 29.3 Å². The van der Waals surface area contributed by atoms with E-state index in [2.05, 4.69) is 10.1 Å². The number of benzene rings is 1. The molecular formula is C20H20F4N4O. The normalized spacial score (nSPS) is 20.6. The van der Waals surface area contributed by atoms with Crippen molar-refractivity contribution in [3.63, 3.8) is 0 Å². The van der Waals surface area contributed by atoms with E-state index in [9.17, 15) is 22.7 Å². The molecule has 29 heavy (non-hydrogen) atoms. The topological polar surface area (TPSA) is 53.7 Å². The van der Waals surface area contributed by atoms with E-state index < -0.39 is 23.0 Å². The minimum atomic E-state index is -4.45. The molecule has 1 aliphatic rings. The summed E-state index contributed by atoms with van der Waals surface area (Å²) < 4.78 is 55.0. The molecule has 9 heteroatoms. The molecule has 0 saturated carbocycles. The van der Waals surface area contributed by atoms with Crippen LogP contribution in [-0.2, 0) is 6.18 Å². The average Bonchev–Trinajstić information content (AvgIpc) is 3.25. The van der Waals surface area contributed by atoms with Gasteiger partial charge in [-0.05, 0) is 44.5 Å². The monoisotopic (exact) mass is 408 g/mol. The number of anilines is 1. The number of β-amino-alcohol motifs (C(OH)–C–C–N with tert-alkyl or cyclic N) is 1. The maximum atomic E-state index is 14.4. The molecule has 0 spiro atoms. The molecule has 154 valence electrons. The summed E-state index contributed by atoms with van der Waals surface area (Å²) in [6.45, 7) is 3.17. The Balaban J connectivity index is 1.72. The van der Waals surface area contributed by atoms with E-state index in [0.717, 1.165) is 12.1 Å². The lowest BCUT2D eigenvalue weighted by molar-refractivity contribution is -0.137. The molecule has 4 rings (SSSR count). The van der Waals surface area contributed by atoms with Gasteiger partial charge in [-0.3, -0.25) is 0 Å². The first kappa shape index (κ1) is 19.6. The first-order chi connectivity index (χ1) is 13.5. The Morgan fingerprint density at radius 2 is 1.86 bits per heavy atom. The minimum Gasteiger partial charge on any atom is -0.385 e. The fraction of sp³-hybridized carbons (Fsp3) is 0.400. The van der Waals surface area contributed by atoms with Crippen LogP contribution in [0, 0.1) is 0 Å². The number of hydrogen-bond donors (Lipinski definition) is 1. The summed E-state index contributed by atoms with van der Waals surface area (Å²) in [5.41, 5.74) is -2.81.